The second-order valence-corrected chi connectivity index (χ2v) is 6.76. The van der Waals surface area contributed by atoms with Crippen molar-refractivity contribution in [3.63, 3.8) is 0 Å². The van der Waals surface area contributed by atoms with Crippen molar-refractivity contribution >= 4 is 11.3 Å². The average molecular weight is 290 g/mol. The topological polar surface area (TPSA) is 38.9 Å². The van der Waals surface area contributed by atoms with Crippen LogP contribution in [0.25, 0.3) is 11.3 Å². The molecule has 4 heteroatoms. The summed E-state index contributed by atoms with van der Waals surface area (Å²) in [5.41, 5.74) is 7.91. The lowest BCUT2D eigenvalue weighted by Crippen LogP contribution is -2.40. The number of hydrogen-bond donors (Lipinski definition) is 1. The fraction of sp³-hybridized carbons (Fsp3) is 0.438. The number of benzene rings is 1. The summed E-state index contributed by atoms with van der Waals surface area (Å²) in [7, 11) is 0. The number of rotatable bonds is 2. The molecule has 1 saturated carbocycles. The van der Waals surface area contributed by atoms with Crippen LogP contribution < -0.4 is 5.73 Å². The summed E-state index contributed by atoms with van der Waals surface area (Å²) in [6, 6.07) is 6.56. The van der Waals surface area contributed by atoms with Gasteiger partial charge >= 0.3 is 0 Å². The molecular formula is C16H19FN2S. The molecule has 106 valence electrons. The van der Waals surface area contributed by atoms with E-state index < -0.39 is 0 Å². The van der Waals surface area contributed by atoms with Crippen LogP contribution in [0.5, 0.6) is 0 Å². The monoisotopic (exact) mass is 290 g/mol. The Hall–Kier alpha value is -1.26. The first-order valence-electron chi connectivity index (χ1n) is 7.08. The van der Waals surface area contributed by atoms with Crippen molar-refractivity contribution in [1.29, 1.82) is 0 Å². The van der Waals surface area contributed by atoms with Crippen LogP contribution in [0.2, 0.25) is 0 Å². The summed E-state index contributed by atoms with van der Waals surface area (Å²) in [4.78, 5) is 4.68. The summed E-state index contributed by atoms with van der Waals surface area (Å²) in [6.07, 6.45) is 4.39. The lowest BCUT2D eigenvalue weighted by Gasteiger charge is -2.35. The molecule has 0 spiro atoms. The number of hydrogen-bond acceptors (Lipinski definition) is 3. The van der Waals surface area contributed by atoms with Gasteiger partial charge in [0.2, 0.25) is 0 Å². The normalized spacial score (nSPS) is 26.6. The molecule has 1 aliphatic rings. The highest BCUT2D eigenvalue weighted by atomic mass is 32.1. The van der Waals surface area contributed by atoms with Crippen molar-refractivity contribution in [2.45, 2.75) is 38.1 Å². The highest BCUT2D eigenvalue weighted by Gasteiger charge is 2.35. The second kappa shape index (κ2) is 5.26. The van der Waals surface area contributed by atoms with Crippen LogP contribution in [0.15, 0.2) is 29.6 Å². The molecule has 1 aromatic carbocycles. The minimum Gasteiger partial charge on any atom is -0.319 e. The highest BCUT2D eigenvalue weighted by Crippen LogP contribution is 2.40. The first kappa shape index (κ1) is 13.7. The van der Waals surface area contributed by atoms with Crippen LogP contribution in [-0.2, 0) is 5.54 Å². The zero-order valence-corrected chi connectivity index (χ0v) is 12.4. The van der Waals surface area contributed by atoms with E-state index in [9.17, 15) is 4.39 Å². The molecule has 1 aromatic heterocycles. The van der Waals surface area contributed by atoms with Gasteiger partial charge in [-0.1, -0.05) is 31.9 Å². The van der Waals surface area contributed by atoms with Gasteiger partial charge in [0.15, 0.2) is 0 Å². The Morgan fingerprint density at radius 3 is 3.05 bits per heavy atom. The molecule has 1 aliphatic carbocycles. The van der Waals surface area contributed by atoms with Gasteiger partial charge in [0.1, 0.15) is 10.8 Å². The van der Waals surface area contributed by atoms with E-state index in [1.807, 2.05) is 11.4 Å². The molecule has 2 N–H and O–H groups in total. The van der Waals surface area contributed by atoms with Crippen LogP contribution in [0.1, 0.15) is 37.6 Å². The van der Waals surface area contributed by atoms with Crippen molar-refractivity contribution in [2.75, 3.05) is 0 Å². The minimum atomic E-state index is -0.298. The summed E-state index contributed by atoms with van der Waals surface area (Å²) < 4.78 is 13.3. The molecule has 0 aliphatic heterocycles. The molecule has 1 fully saturated rings. The third-order valence-electron chi connectivity index (χ3n) is 4.08. The Labute approximate surface area is 122 Å². The number of thiazole rings is 1. The quantitative estimate of drug-likeness (QED) is 0.895. The minimum absolute atomic E-state index is 0.231. The molecule has 2 unspecified atom stereocenters. The maximum atomic E-state index is 13.3. The van der Waals surface area contributed by atoms with E-state index in [-0.39, 0.29) is 11.4 Å². The van der Waals surface area contributed by atoms with Gasteiger partial charge in [-0.05, 0) is 30.9 Å². The van der Waals surface area contributed by atoms with E-state index in [0.717, 1.165) is 35.5 Å². The summed E-state index contributed by atoms with van der Waals surface area (Å²) in [5, 5.41) is 2.97. The largest absolute Gasteiger partial charge is 0.319 e. The maximum absolute atomic E-state index is 13.3. The van der Waals surface area contributed by atoms with E-state index in [2.05, 4.69) is 11.9 Å². The van der Waals surface area contributed by atoms with Crippen molar-refractivity contribution < 1.29 is 4.39 Å². The SMILES string of the molecule is CC1CCCC(N)(c2nc(-c3cccc(F)c3)cs2)C1. The zero-order valence-electron chi connectivity index (χ0n) is 11.6. The molecule has 1 heterocycles. The van der Waals surface area contributed by atoms with Crippen LogP contribution >= 0.6 is 11.3 Å². The predicted molar refractivity (Wildman–Crippen MR) is 81.0 cm³/mol. The van der Waals surface area contributed by atoms with Gasteiger partial charge in [-0.3, -0.25) is 0 Å². The van der Waals surface area contributed by atoms with Crippen molar-refractivity contribution in [3.05, 3.63) is 40.5 Å². The van der Waals surface area contributed by atoms with Crippen molar-refractivity contribution in [2.24, 2.45) is 11.7 Å². The second-order valence-electron chi connectivity index (χ2n) is 5.91. The molecule has 20 heavy (non-hydrogen) atoms. The van der Waals surface area contributed by atoms with Gasteiger partial charge in [-0.25, -0.2) is 9.37 Å². The Morgan fingerprint density at radius 1 is 1.45 bits per heavy atom. The van der Waals surface area contributed by atoms with Crippen LogP contribution in [0.4, 0.5) is 4.39 Å². The van der Waals surface area contributed by atoms with Gasteiger partial charge in [-0.15, -0.1) is 11.3 Å². The standard InChI is InChI=1S/C16H19FN2S/c1-11-4-3-7-16(18,9-11)15-19-14(10-20-15)12-5-2-6-13(17)8-12/h2,5-6,8,10-11H,3-4,7,9,18H2,1H3. The smallest absolute Gasteiger partial charge is 0.123 e. The van der Waals surface area contributed by atoms with Gasteiger partial charge in [-0.2, -0.15) is 0 Å². The van der Waals surface area contributed by atoms with Gasteiger partial charge < -0.3 is 5.73 Å². The van der Waals surface area contributed by atoms with E-state index in [1.54, 1.807) is 17.4 Å². The number of nitrogens with two attached hydrogens (primary N) is 1. The lowest BCUT2D eigenvalue weighted by molar-refractivity contribution is 0.238. The number of nitrogens with zero attached hydrogens (tertiary/aromatic N) is 1. The van der Waals surface area contributed by atoms with E-state index in [1.165, 1.54) is 18.6 Å². The first-order valence-corrected chi connectivity index (χ1v) is 7.96. The van der Waals surface area contributed by atoms with Gasteiger partial charge in [0, 0.05) is 10.9 Å². The highest BCUT2D eigenvalue weighted by molar-refractivity contribution is 7.10. The Kier molecular flexibility index (Phi) is 3.61. The first-order chi connectivity index (χ1) is 9.57. The molecule has 0 radical (unpaired) electrons. The van der Waals surface area contributed by atoms with Crippen LogP contribution in [0, 0.1) is 11.7 Å². The number of halogens is 1. The van der Waals surface area contributed by atoms with Gasteiger partial charge in [0.25, 0.3) is 0 Å². The Bertz CT molecular complexity index is 610. The molecule has 2 aromatic rings. The number of aromatic nitrogens is 1. The van der Waals surface area contributed by atoms with Gasteiger partial charge in [0.05, 0.1) is 11.2 Å². The summed E-state index contributed by atoms with van der Waals surface area (Å²) in [5.74, 6) is 0.418. The fourth-order valence-corrected chi connectivity index (χ4v) is 4.05. The molecule has 2 atom stereocenters. The van der Waals surface area contributed by atoms with E-state index in [4.69, 9.17) is 5.73 Å². The van der Waals surface area contributed by atoms with E-state index in [0.29, 0.717) is 5.92 Å². The van der Waals surface area contributed by atoms with Crippen molar-refractivity contribution in [3.8, 4) is 11.3 Å². The Morgan fingerprint density at radius 2 is 2.30 bits per heavy atom. The van der Waals surface area contributed by atoms with Crippen LogP contribution in [-0.4, -0.2) is 4.98 Å². The Balaban J connectivity index is 1.90. The molecule has 3 rings (SSSR count). The summed E-state index contributed by atoms with van der Waals surface area (Å²) in [6.45, 7) is 2.25. The zero-order chi connectivity index (χ0) is 14.2. The third kappa shape index (κ3) is 2.63. The molecular weight excluding hydrogens is 271 g/mol. The molecule has 2 nitrogen and oxygen atoms in total. The van der Waals surface area contributed by atoms with E-state index >= 15 is 0 Å². The predicted octanol–water partition coefficient (Wildman–Crippen LogP) is 4.31. The van der Waals surface area contributed by atoms with Crippen molar-refractivity contribution in [1.82, 2.24) is 4.98 Å². The summed E-state index contributed by atoms with van der Waals surface area (Å²) >= 11 is 1.60. The molecule has 0 saturated heterocycles. The average Bonchev–Trinajstić information content (AvgIpc) is 2.88. The maximum Gasteiger partial charge on any atom is 0.123 e. The third-order valence-corrected chi connectivity index (χ3v) is 5.15. The molecule has 0 bridgehead atoms. The molecule has 0 amide bonds. The fourth-order valence-electron chi connectivity index (χ4n) is 3.07. The lowest BCUT2D eigenvalue weighted by atomic mass is 9.77. The van der Waals surface area contributed by atoms with Crippen LogP contribution in [0.3, 0.4) is 0 Å².